The van der Waals surface area contributed by atoms with Crippen LogP contribution >= 0.6 is 0 Å². The molecule has 0 unspecified atom stereocenters. The molecule has 2 saturated heterocycles. The zero-order chi connectivity index (χ0) is 18.3. The van der Waals surface area contributed by atoms with E-state index in [1.165, 1.54) is 24.9 Å². The van der Waals surface area contributed by atoms with E-state index in [0.29, 0.717) is 0 Å². The zero-order valence-electron chi connectivity index (χ0n) is 16.6. The second-order valence-corrected chi connectivity index (χ2v) is 8.49. The molecule has 0 bridgehead atoms. The van der Waals surface area contributed by atoms with E-state index < -0.39 is 0 Å². The summed E-state index contributed by atoms with van der Waals surface area (Å²) in [6.45, 7) is 12.7. The number of hydrogen-bond donors (Lipinski definition) is 1. The first-order valence-corrected chi connectivity index (χ1v) is 10.3. The van der Waals surface area contributed by atoms with Crippen molar-refractivity contribution in [1.29, 1.82) is 0 Å². The molecule has 4 nitrogen and oxygen atoms in total. The second-order valence-electron chi connectivity index (χ2n) is 8.49. The minimum absolute atomic E-state index is 0.0373. The SMILES string of the molecule is CC1(C)C[C@@](CCNCCCN2CCOCC2)(c2ccccc2)CCO1. The Morgan fingerprint density at radius 1 is 1.04 bits per heavy atom. The van der Waals surface area contributed by atoms with Crippen molar-refractivity contribution in [3.05, 3.63) is 35.9 Å². The van der Waals surface area contributed by atoms with Crippen LogP contribution in [0.5, 0.6) is 0 Å². The van der Waals surface area contributed by atoms with Gasteiger partial charge in [-0.1, -0.05) is 30.3 Å². The minimum atomic E-state index is -0.0373. The molecule has 4 heteroatoms. The van der Waals surface area contributed by atoms with Gasteiger partial charge in [0.2, 0.25) is 0 Å². The maximum Gasteiger partial charge on any atom is 0.0635 e. The van der Waals surface area contributed by atoms with Crippen molar-refractivity contribution < 1.29 is 9.47 Å². The quantitative estimate of drug-likeness (QED) is 0.722. The van der Waals surface area contributed by atoms with Crippen LogP contribution in [-0.4, -0.2) is 63.0 Å². The Balaban J connectivity index is 1.47. The molecule has 2 aliphatic heterocycles. The highest BCUT2D eigenvalue weighted by Gasteiger charge is 2.41. The van der Waals surface area contributed by atoms with E-state index >= 15 is 0 Å². The topological polar surface area (TPSA) is 33.7 Å². The molecule has 0 saturated carbocycles. The summed E-state index contributed by atoms with van der Waals surface area (Å²) in [5.74, 6) is 0. The second kappa shape index (κ2) is 9.32. The van der Waals surface area contributed by atoms with Gasteiger partial charge in [-0.25, -0.2) is 0 Å². The fraction of sp³-hybridized carbons (Fsp3) is 0.727. The van der Waals surface area contributed by atoms with Gasteiger partial charge in [0.1, 0.15) is 0 Å². The van der Waals surface area contributed by atoms with Crippen LogP contribution in [-0.2, 0) is 14.9 Å². The van der Waals surface area contributed by atoms with E-state index in [9.17, 15) is 0 Å². The van der Waals surface area contributed by atoms with Crippen LogP contribution in [0.15, 0.2) is 30.3 Å². The third-order valence-electron chi connectivity index (χ3n) is 5.94. The molecular weight excluding hydrogens is 324 g/mol. The molecule has 1 atom stereocenters. The third-order valence-corrected chi connectivity index (χ3v) is 5.94. The molecule has 3 rings (SSSR count). The van der Waals surface area contributed by atoms with Crippen molar-refractivity contribution in [1.82, 2.24) is 10.2 Å². The van der Waals surface area contributed by atoms with E-state index in [1.54, 1.807) is 0 Å². The summed E-state index contributed by atoms with van der Waals surface area (Å²) in [7, 11) is 0. The molecule has 1 N–H and O–H groups in total. The summed E-state index contributed by atoms with van der Waals surface area (Å²) < 4.78 is 11.4. The van der Waals surface area contributed by atoms with E-state index in [1.807, 2.05) is 0 Å². The van der Waals surface area contributed by atoms with Gasteiger partial charge in [-0.2, -0.15) is 0 Å². The van der Waals surface area contributed by atoms with Gasteiger partial charge in [0.25, 0.3) is 0 Å². The zero-order valence-corrected chi connectivity index (χ0v) is 16.6. The van der Waals surface area contributed by atoms with Crippen molar-refractivity contribution in [3.63, 3.8) is 0 Å². The van der Waals surface area contributed by atoms with Crippen LogP contribution < -0.4 is 5.32 Å². The molecule has 0 amide bonds. The molecule has 2 fully saturated rings. The number of hydrogen-bond acceptors (Lipinski definition) is 4. The summed E-state index contributed by atoms with van der Waals surface area (Å²) in [5.41, 5.74) is 1.68. The molecule has 0 radical (unpaired) electrons. The number of ether oxygens (including phenoxy) is 2. The highest BCUT2D eigenvalue weighted by Crippen LogP contribution is 2.43. The molecule has 1 aromatic rings. The lowest BCUT2D eigenvalue weighted by molar-refractivity contribution is -0.0839. The lowest BCUT2D eigenvalue weighted by Gasteiger charge is -2.45. The fourth-order valence-electron chi connectivity index (χ4n) is 4.58. The van der Waals surface area contributed by atoms with Gasteiger partial charge in [0.15, 0.2) is 0 Å². The van der Waals surface area contributed by atoms with E-state index in [0.717, 1.165) is 58.8 Å². The first-order valence-electron chi connectivity index (χ1n) is 10.3. The van der Waals surface area contributed by atoms with Crippen molar-refractivity contribution in [3.8, 4) is 0 Å². The maximum absolute atomic E-state index is 6.02. The first kappa shape index (κ1) is 19.8. The van der Waals surface area contributed by atoms with E-state index in [-0.39, 0.29) is 11.0 Å². The van der Waals surface area contributed by atoms with Crippen molar-refractivity contribution in [2.45, 2.75) is 50.5 Å². The Morgan fingerprint density at radius 3 is 2.54 bits per heavy atom. The normalized spacial score (nSPS) is 26.7. The standard InChI is InChI=1S/C22H36N2O2/c1-21(2)19-22(10-16-26-21,20-7-4-3-5-8-20)9-12-23-11-6-13-24-14-17-25-18-15-24/h3-5,7-8,23H,6,9-19H2,1-2H3/t22-/m0/s1. The smallest absolute Gasteiger partial charge is 0.0635 e. The van der Waals surface area contributed by atoms with Crippen molar-refractivity contribution in [2.75, 3.05) is 52.5 Å². The van der Waals surface area contributed by atoms with Crippen LogP contribution in [0.1, 0.15) is 45.1 Å². The van der Waals surface area contributed by atoms with Crippen LogP contribution in [0.4, 0.5) is 0 Å². The predicted octanol–water partition coefficient (Wildman–Crippen LogP) is 3.22. The average Bonchev–Trinajstić information content (AvgIpc) is 2.65. The Morgan fingerprint density at radius 2 is 1.81 bits per heavy atom. The largest absolute Gasteiger partial charge is 0.379 e. The van der Waals surface area contributed by atoms with E-state index in [2.05, 4.69) is 54.4 Å². The summed E-state index contributed by atoms with van der Waals surface area (Å²) in [6.07, 6.45) is 4.61. The predicted molar refractivity (Wildman–Crippen MR) is 107 cm³/mol. The number of benzene rings is 1. The van der Waals surface area contributed by atoms with Gasteiger partial charge in [-0.05, 0) is 64.7 Å². The summed E-state index contributed by atoms with van der Waals surface area (Å²) in [5, 5.41) is 3.70. The van der Waals surface area contributed by atoms with Crippen LogP contribution in [0.25, 0.3) is 0 Å². The minimum Gasteiger partial charge on any atom is -0.379 e. The Kier molecular flexibility index (Phi) is 7.10. The van der Waals surface area contributed by atoms with E-state index in [4.69, 9.17) is 9.47 Å². The van der Waals surface area contributed by atoms with Crippen molar-refractivity contribution >= 4 is 0 Å². The molecule has 0 aliphatic carbocycles. The molecule has 146 valence electrons. The summed E-state index contributed by atoms with van der Waals surface area (Å²) in [6, 6.07) is 11.1. The molecule has 0 spiro atoms. The van der Waals surface area contributed by atoms with Gasteiger partial charge >= 0.3 is 0 Å². The van der Waals surface area contributed by atoms with Crippen molar-refractivity contribution in [2.24, 2.45) is 0 Å². The van der Waals surface area contributed by atoms with Crippen LogP contribution in [0, 0.1) is 0 Å². The third kappa shape index (κ3) is 5.53. The first-order chi connectivity index (χ1) is 12.6. The Bertz CT molecular complexity index is 528. The van der Waals surface area contributed by atoms with Gasteiger partial charge in [0.05, 0.1) is 18.8 Å². The molecule has 2 heterocycles. The molecule has 0 aromatic heterocycles. The van der Waals surface area contributed by atoms with Crippen LogP contribution in [0.2, 0.25) is 0 Å². The maximum atomic E-state index is 6.02. The number of nitrogens with zero attached hydrogens (tertiary/aromatic N) is 1. The Labute approximate surface area is 159 Å². The number of rotatable bonds is 8. The molecular formula is C22H36N2O2. The number of morpholine rings is 1. The molecule has 1 aromatic carbocycles. The van der Waals surface area contributed by atoms with Gasteiger partial charge in [0, 0.05) is 25.1 Å². The highest BCUT2D eigenvalue weighted by atomic mass is 16.5. The summed E-state index contributed by atoms with van der Waals surface area (Å²) in [4.78, 5) is 2.51. The van der Waals surface area contributed by atoms with Crippen LogP contribution in [0.3, 0.4) is 0 Å². The monoisotopic (exact) mass is 360 g/mol. The molecule has 2 aliphatic rings. The lowest BCUT2D eigenvalue weighted by atomic mass is 9.67. The number of nitrogens with one attached hydrogen (secondary N) is 1. The molecule has 26 heavy (non-hydrogen) atoms. The van der Waals surface area contributed by atoms with Gasteiger partial charge in [-0.3, -0.25) is 4.90 Å². The lowest BCUT2D eigenvalue weighted by Crippen LogP contribution is -2.45. The Hall–Kier alpha value is -0.940. The fourth-order valence-corrected chi connectivity index (χ4v) is 4.58. The summed E-state index contributed by atoms with van der Waals surface area (Å²) >= 11 is 0. The van der Waals surface area contributed by atoms with Gasteiger partial charge < -0.3 is 14.8 Å². The highest BCUT2D eigenvalue weighted by molar-refractivity contribution is 5.27. The van der Waals surface area contributed by atoms with Gasteiger partial charge in [-0.15, -0.1) is 0 Å². The average molecular weight is 361 g/mol.